The predicted octanol–water partition coefficient (Wildman–Crippen LogP) is 38.5. The lowest BCUT2D eigenvalue weighted by Gasteiger charge is -2.31. The molecule has 5 heteroatoms. The minimum Gasteiger partial charge on any atom is -0.456 e. The zero-order valence-electron chi connectivity index (χ0n) is 81.2. The number of nitrogens with zero attached hydrogens (tertiary/aromatic N) is 3. The van der Waals surface area contributed by atoms with Crippen LogP contribution >= 0.6 is 0 Å². The molecule has 0 fully saturated rings. The van der Waals surface area contributed by atoms with Crippen LogP contribution in [0.2, 0.25) is 0 Å². The summed E-state index contributed by atoms with van der Waals surface area (Å²) in [6.45, 7) is 0. The average Bonchev–Trinajstić information content (AvgIpc) is 1.48. The molecule has 0 aliphatic heterocycles. The van der Waals surface area contributed by atoms with Crippen LogP contribution in [0.1, 0.15) is 66.8 Å². The maximum atomic E-state index is 6.45. The highest BCUT2D eigenvalue weighted by Crippen LogP contribution is 2.75. The van der Waals surface area contributed by atoms with Gasteiger partial charge in [0.05, 0.1) is 33.3 Å². The molecule has 2 aromatic heterocycles. The van der Waals surface area contributed by atoms with Crippen molar-refractivity contribution < 1.29 is 8.83 Å². The van der Waals surface area contributed by atoms with Crippen LogP contribution in [0.15, 0.2) is 524 Å². The number of furan rings is 2. The lowest BCUT2D eigenvalue weighted by molar-refractivity contribution is 0.668. The molecule has 25 aromatic carbocycles. The Kier molecular flexibility index (Phi) is 16.6. The molecule has 0 bridgehead atoms. The number of anilines is 9. The molecular formula is C145H85N3O2. The molecule has 27 aromatic rings. The molecule has 36 rings (SSSR count). The Hall–Kier alpha value is -19.5. The predicted molar refractivity (Wildman–Crippen MR) is 619 cm³/mol. The Balaban J connectivity index is 0.0000000957. The number of rotatable bonds is 10. The summed E-state index contributed by atoms with van der Waals surface area (Å²) in [6, 6.07) is 191. The molecule has 9 aliphatic carbocycles. The van der Waals surface area contributed by atoms with Crippen molar-refractivity contribution in [3.05, 3.63) is 582 Å². The number of para-hydroxylation sites is 2. The number of hydrogen-bond donors (Lipinski definition) is 0. The first kappa shape index (κ1) is 81.9. The van der Waals surface area contributed by atoms with Crippen molar-refractivity contribution in [1.29, 1.82) is 0 Å². The Morgan fingerprint density at radius 2 is 0.400 bits per heavy atom. The van der Waals surface area contributed by atoms with E-state index >= 15 is 0 Å². The van der Waals surface area contributed by atoms with Crippen LogP contribution in [-0.4, -0.2) is 0 Å². The van der Waals surface area contributed by atoms with Gasteiger partial charge in [-0.3, -0.25) is 0 Å². The van der Waals surface area contributed by atoms with Crippen molar-refractivity contribution in [3.8, 4) is 111 Å². The molecule has 9 aliphatic rings. The van der Waals surface area contributed by atoms with Gasteiger partial charge < -0.3 is 23.5 Å². The second-order valence-corrected chi connectivity index (χ2v) is 41.6. The van der Waals surface area contributed by atoms with Crippen LogP contribution in [0.25, 0.3) is 198 Å². The van der Waals surface area contributed by atoms with E-state index in [2.05, 4.69) is 518 Å². The Morgan fingerprint density at radius 3 is 0.820 bits per heavy atom. The third-order valence-corrected chi connectivity index (χ3v) is 34.7. The number of benzene rings is 25. The van der Waals surface area contributed by atoms with Crippen LogP contribution in [0.3, 0.4) is 0 Å². The van der Waals surface area contributed by atoms with E-state index in [4.69, 9.17) is 8.83 Å². The number of fused-ring (bicyclic) bond motifs is 25. The molecular weight excluding hydrogens is 1820 g/mol. The summed E-state index contributed by atoms with van der Waals surface area (Å²) in [4.78, 5) is 7.36. The van der Waals surface area contributed by atoms with Crippen molar-refractivity contribution in [1.82, 2.24) is 0 Å². The molecule has 5 nitrogen and oxygen atoms in total. The topological polar surface area (TPSA) is 36.0 Å². The van der Waals surface area contributed by atoms with Crippen molar-refractivity contribution >= 4 is 138 Å². The molecule has 3 atom stereocenters. The molecule has 0 N–H and O–H groups in total. The summed E-state index contributed by atoms with van der Waals surface area (Å²) < 4.78 is 12.7. The van der Waals surface area contributed by atoms with E-state index < -0.39 is 0 Å². The molecule has 0 saturated carbocycles. The van der Waals surface area contributed by atoms with Gasteiger partial charge in [0.1, 0.15) is 22.3 Å². The highest BCUT2D eigenvalue weighted by atomic mass is 16.3. The lowest BCUT2D eigenvalue weighted by Crippen LogP contribution is -2.23. The fourth-order valence-electron chi connectivity index (χ4n) is 29.0. The van der Waals surface area contributed by atoms with Gasteiger partial charge >= 0.3 is 0 Å². The van der Waals surface area contributed by atoms with Gasteiger partial charge in [0.25, 0.3) is 0 Å². The monoisotopic (exact) mass is 1900 g/mol. The number of hydrogen-bond acceptors (Lipinski definition) is 5. The van der Waals surface area contributed by atoms with Crippen molar-refractivity contribution in [2.24, 2.45) is 0 Å². The highest BCUT2D eigenvalue weighted by Gasteiger charge is 2.61. The zero-order chi connectivity index (χ0) is 97.7. The Morgan fingerprint density at radius 1 is 0.133 bits per heavy atom. The molecule has 0 radical (unpaired) electrons. The molecule has 3 unspecified atom stereocenters. The standard InChI is InChI=1S/C51H31N.2C47H27NO/c1-2-13-34-29-36(26-25-32(34)11-1)35-15-7-16-37(30-35)52(48-24-8-14-33-12-3-4-17-39(33)48)38-27-28-41-43-20-10-22-45-44-21-9-19-42-40-18-5-6-23-46(40)51(49(42)44,50(43)45)47(41)31-38;1-2-12-31-28(10-1)11-7-20-42(31)48(29-23-25-44-39(26-29)34-14-4-6-21-43(34)49-44)30-22-24-33-36-16-9-18-38-37-17-8-15-35-32-13-3-5-19-40(32)47(45(35)37,46(36)38)41(33)27-30;1-2-12-31-28(10-1)11-7-20-42(31)48(30-23-25-35-34-14-4-6-21-43(34)49-44(35)27-30)29-22-24-33-37-16-9-18-39-38-17-8-15-36-32-13-3-5-19-40(32)47(45(36)38,46(37)39)41(33)26-29/h1-31H;2*1-27H. The lowest BCUT2D eigenvalue weighted by atomic mass is 9.73. The van der Waals surface area contributed by atoms with E-state index in [0.29, 0.717) is 0 Å². The maximum Gasteiger partial charge on any atom is 0.137 e. The van der Waals surface area contributed by atoms with Gasteiger partial charge in [-0.1, -0.05) is 394 Å². The van der Waals surface area contributed by atoms with Gasteiger partial charge in [-0.25, -0.2) is 0 Å². The van der Waals surface area contributed by atoms with Gasteiger partial charge in [-0.15, -0.1) is 0 Å². The van der Waals surface area contributed by atoms with E-state index in [1.807, 2.05) is 12.1 Å². The second kappa shape index (κ2) is 30.4. The largest absolute Gasteiger partial charge is 0.456 e. The van der Waals surface area contributed by atoms with Crippen LogP contribution in [0, 0.1) is 0 Å². The van der Waals surface area contributed by atoms with Crippen LogP contribution < -0.4 is 14.7 Å². The summed E-state index contributed by atoms with van der Waals surface area (Å²) in [5.41, 5.74) is 56.5. The molecule has 0 amide bonds. The van der Waals surface area contributed by atoms with Crippen LogP contribution in [0.4, 0.5) is 51.2 Å². The van der Waals surface area contributed by atoms with E-state index in [0.717, 1.165) is 89.4 Å². The van der Waals surface area contributed by atoms with Crippen molar-refractivity contribution in [2.45, 2.75) is 16.2 Å². The Labute approximate surface area is 865 Å². The van der Waals surface area contributed by atoms with Gasteiger partial charge in [0.15, 0.2) is 0 Å². The minimum atomic E-state index is -0.340. The van der Waals surface area contributed by atoms with E-state index in [1.165, 1.54) is 227 Å². The Bertz CT molecular complexity index is 10600. The molecule has 3 spiro atoms. The zero-order valence-corrected chi connectivity index (χ0v) is 81.2. The third-order valence-electron chi connectivity index (χ3n) is 34.7. The normalized spacial score (nSPS) is 15.7. The smallest absolute Gasteiger partial charge is 0.137 e. The fourth-order valence-corrected chi connectivity index (χ4v) is 29.0. The van der Waals surface area contributed by atoms with Gasteiger partial charge in [-0.05, 0) is 320 Å². The maximum absolute atomic E-state index is 6.45. The summed E-state index contributed by atoms with van der Waals surface area (Å²) in [6.07, 6.45) is 0. The quantitative estimate of drug-likeness (QED) is 0.136. The molecule has 0 saturated heterocycles. The fraction of sp³-hybridized carbons (Fsp3) is 0.0207. The molecule has 150 heavy (non-hydrogen) atoms. The summed E-state index contributed by atoms with van der Waals surface area (Å²) in [5.74, 6) is 0. The van der Waals surface area contributed by atoms with Crippen LogP contribution in [-0.2, 0) is 16.2 Å². The van der Waals surface area contributed by atoms with Crippen LogP contribution in [0.5, 0.6) is 0 Å². The first-order valence-electron chi connectivity index (χ1n) is 52.2. The van der Waals surface area contributed by atoms with Gasteiger partial charge in [-0.2, -0.15) is 0 Å². The van der Waals surface area contributed by atoms with Gasteiger partial charge in [0.2, 0.25) is 0 Å². The van der Waals surface area contributed by atoms with E-state index in [1.54, 1.807) is 0 Å². The third kappa shape index (κ3) is 10.7. The molecule has 2 heterocycles. The first-order chi connectivity index (χ1) is 74.4. The first-order valence-corrected chi connectivity index (χ1v) is 52.2. The van der Waals surface area contributed by atoms with Crippen molar-refractivity contribution in [2.75, 3.05) is 14.7 Å². The average molecular weight is 1900 g/mol. The summed E-state index contributed by atoms with van der Waals surface area (Å²) in [5, 5.41) is 14.3. The van der Waals surface area contributed by atoms with E-state index in [-0.39, 0.29) is 16.2 Å². The van der Waals surface area contributed by atoms with E-state index in [9.17, 15) is 0 Å². The minimum absolute atomic E-state index is 0.336. The van der Waals surface area contributed by atoms with Crippen molar-refractivity contribution in [3.63, 3.8) is 0 Å². The highest BCUT2D eigenvalue weighted by molar-refractivity contribution is 6.15. The summed E-state index contributed by atoms with van der Waals surface area (Å²) >= 11 is 0. The SMILES string of the molecule is c1cc(-c2ccc3ccccc3c2)cc(N(c2ccc3c(c2)C24c5ccccc5-c5cccc(c52)-c2cccc-3c24)c2cccc3ccccc23)c1.c1ccc2c(c1)-c1cccc3c1C21c2cc(N(c4ccc5c(c4)oc4ccccc45)c4cccc5ccccc45)ccc2-c2cccc-3c21.c1ccc2c(c1)-c1cccc3c1C21c2cc(N(c4ccc5oc6ccccc6c5c4)c4cccc5ccccc45)ccc2-c2cccc-3c21. The second-order valence-electron chi connectivity index (χ2n) is 41.6. The summed E-state index contributed by atoms with van der Waals surface area (Å²) in [7, 11) is 0. The van der Waals surface area contributed by atoms with Gasteiger partial charge in [0, 0.05) is 77.9 Å². The molecule has 692 valence electrons.